The molecule has 180 valence electrons. The number of fused-ring (bicyclic) bond motifs is 1. The highest BCUT2D eigenvalue weighted by Crippen LogP contribution is 2.28. The van der Waals surface area contributed by atoms with Gasteiger partial charge >= 0.3 is 0 Å². The van der Waals surface area contributed by atoms with Gasteiger partial charge in [0, 0.05) is 30.3 Å². The lowest BCUT2D eigenvalue weighted by molar-refractivity contribution is -0.124. The molecule has 0 radical (unpaired) electrons. The van der Waals surface area contributed by atoms with Crippen LogP contribution in [-0.2, 0) is 14.3 Å². The van der Waals surface area contributed by atoms with Crippen LogP contribution in [0.1, 0.15) is 36.6 Å². The Bertz CT molecular complexity index is 1290. The number of nitrogens with zero attached hydrogens (tertiary/aromatic N) is 5. The first-order valence-electron chi connectivity index (χ1n) is 11.8. The summed E-state index contributed by atoms with van der Waals surface area (Å²) in [6.07, 6.45) is 5.39. The number of anilines is 2. The van der Waals surface area contributed by atoms with Crippen LogP contribution in [0.3, 0.4) is 0 Å². The fourth-order valence-electron chi connectivity index (χ4n) is 4.35. The average molecular weight is 475 g/mol. The third-order valence-electron chi connectivity index (χ3n) is 6.32. The van der Waals surface area contributed by atoms with Crippen molar-refractivity contribution < 1.29 is 14.3 Å². The highest BCUT2D eigenvalue weighted by molar-refractivity contribution is 6.15. The van der Waals surface area contributed by atoms with Gasteiger partial charge in [0.2, 0.25) is 17.8 Å². The van der Waals surface area contributed by atoms with Gasteiger partial charge in [-0.1, -0.05) is 30.3 Å². The summed E-state index contributed by atoms with van der Waals surface area (Å²) in [5, 5.41) is 13.8. The fraction of sp³-hybridized carbons (Fsp3) is 0.375. The Kier molecular flexibility index (Phi) is 5.63. The van der Waals surface area contributed by atoms with Crippen LogP contribution in [0.25, 0.3) is 11.7 Å². The van der Waals surface area contributed by atoms with E-state index in [1.54, 1.807) is 16.8 Å². The Morgan fingerprint density at radius 2 is 1.91 bits per heavy atom. The van der Waals surface area contributed by atoms with E-state index in [0.29, 0.717) is 47.9 Å². The van der Waals surface area contributed by atoms with Crippen molar-refractivity contribution in [2.24, 2.45) is 0 Å². The van der Waals surface area contributed by atoms with E-state index in [9.17, 15) is 9.59 Å². The molecule has 3 aliphatic rings. The standard InChI is InChI=1S/C24H26N8O3/c33-19-13-16(22(34)27-19)12-17-14-25-32-21(17)29-23(30-24(32)26-18-6-7-18)28-20(15-4-2-1-3-5-15)31-8-10-35-11-9-31/h1-5,12,14,18,20H,6-11,13H2,(H,27,33,34)(H2,26,28,29,30). The van der Waals surface area contributed by atoms with E-state index in [1.165, 1.54) is 0 Å². The minimum atomic E-state index is -0.380. The zero-order valence-electron chi connectivity index (χ0n) is 19.1. The van der Waals surface area contributed by atoms with Gasteiger partial charge in [-0.25, -0.2) is 0 Å². The quantitative estimate of drug-likeness (QED) is 0.346. The molecule has 3 fully saturated rings. The van der Waals surface area contributed by atoms with Crippen molar-refractivity contribution in [2.45, 2.75) is 31.5 Å². The molecule has 11 heteroatoms. The Balaban J connectivity index is 1.40. The lowest BCUT2D eigenvalue weighted by Crippen LogP contribution is -2.42. The molecule has 1 atom stereocenters. The number of morpholine rings is 1. The van der Waals surface area contributed by atoms with Gasteiger partial charge in [-0.05, 0) is 24.5 Å². The Hall–Kier alpha value is -3.83. The molecule has 2 amide bonds. The van der Waals surface area contributed by atoms with Crippen molar-refractivity contribution in [3.8, 4) is 0 Å². The van der Waals surface area contributed by atoms with Crippen molar-refractivity contribution in [3.05, 3.63) is 53.2 Å². The second kappa shape index (κ2) is 9.08. The monoisotopic (exact) mass is 474 g/mol. The lowest BCUT2D eigenvalue weighted by atomic mass is 10.1. The number of benzene rings is 1. The van der Waals surface area contributed by atoms with Crippen LogP contribution in [0.15, 0.2) is 42.1 Å². The third kappa shape index (κ3) is 4.60. The molecule has 1 aromatic carbocycles. The van der Waals surface area contributed by atoms with Crippen LogP contribution < -0.4 is 16.0 Å². The molecule has 1 aliphatic carbocycles. The van der Waals surface area contributed by atoms with E-state index in [1.807, 2.05) is 18.2 Å². The minimum absolute atomic E-state index is 0.0483. The van der Waals surface area contributed by atoms with Gasteiger partial charge in [0.15, 0.2) is 5.65 Å². The summed E-state index contributed by atoms with van der Waals surface area (Å²) in [5.41, 5.74) is 2.70. The predicted octanol–water partition coefficient (Wildman–Crippen LogP) is 1.57. The largest absolute Gasteiger partial charge is 0.379 e. The van der Waals surface area contributed by atoms with Gasteiger partial charge in [0.25, 0.3) is 5.91 Å². The summed E-state index contributed by atoms with van der Waals surface area (Å²) in [5.74, 6) is 0.357. The van der Waals surface area contributed by atoms with E-state index >= 15 is 0 Å². The summed E-state index contributed by atoms with van der Waals surface area (Å²) in [4.78, 5) is 35.6. The van der Waals surface area contributed by atoms with E-state index in [0.717, 1.165) is 31.5 Å². The van der Waals surface area contributed by atoms with Crippen LogP contribution in [-0.4, -0.2) is 68.6 Å². The van der Waals surface area contributed by atoms with Gasteiger partial charge in [-0.3, -0.25) is 19.8 Å². The van der Waals surface area contributed by atoms with Gasteiger partial charge in [-0.15, -0.1) is 0 Å². The number of amides is 2. The number of hydrogen-bond donors (Lipinski definition) is 3. The molecule has 6 rings (SSSR count). The van der Waals surface area contributed by atoms with Crippen LogP contribution >= 0.6 is 0 Å². The van der Waals surface area contributed by atoms with Crippen molar-refractivity contribution in [1.29, 1.82) is 0 Å². The number of carbonyl (C=O) groups is 2. The molecular formula is C24H26N8O3. The van der Waals surface area contributed by atoms with Crippen molar-refractivity contribution in [2.75, 3.05) is 36.9 Å². The molecule has 2 aliphatic heterocycles. The summed E-state index contributed by atoms with van der Waals surface area (Å²) in [7, 11) is 0. The molecule has 4 heterocycles. The highest BCUT2D eigenvalue weighted by atomic mass is 16.5. The van der Waals surface area contributed by atoms with Crippen LogP contribution in [0.5, 0.6) is 0 Å². The van der Waals surface area contributed by atoms with Crippen molar-refractivity contribution >= 4 is 35.4 Å². The Morgan fingerprint density at radius 3 is 2.63 bits per heavy atom. The first-order valence-corrected chi connectivity index (χ1v) is 11.8. The second-order valence-corrected chi connectivity index (χ2v) is 8.95. The zero-order chi connectivity index (χ0) is 23.8. The maximum Gasteiger partial charge on any atom is 0.254 e. The Morgan fingerprint density at radius 1 is 1.11 bits per heavy atom. The van der Waals surface area contributed by atoms with Crippen molar-refractivity contribution in [3.63, 3.8) is 0 Å². The molecule has 1 saturated carbocycles. The van der Waals surface area contributed by atoms with Gasteiger partial charge < -0.3 is 15.4 Å². The second-order valence-electron chi connectivity index (χ2n) is 8.95. The smallest absolute Gasteiger partial charge is 0.254 e. The van der Waals surface area contributed by atoms with E-state index < -0.39 is 0 Å². The number of imide groups is 1. The molecule has 2 saturated heterocycles. The summed E-state index contributed by atoms with van der Waals surface area (Å²) in [6, 6.07) is 10.6. The van der Waals surface area contributed by atoms with Crippen molar-refractivity contribution in [1.82, 2.24) is 29.8 Å². The van der Waals surface area contributed by atoms with E-state index in [4.69, 9.17) is 14.7 Å². The molecule has 0 bridgehead atoms. The zero-order valence-corrected chi connectivity index (χ0v) is 19.1. The fourth-order valence-corrected chi connectivity index (χ4v) is 4.35. The number of aromatic nitrogens is 4. The molecule has 0 spiro atoms. The summed E-state index contributed by atoms with van der Waals surface area (Å²) >= 11 is 0. The van der Waals surface area contributed by atoms with Gasteiger partial charge in [0.05, 0.1) is 25.8 Å². The predicted molar refractivity (Wildman–Crippen MR) is 128 cm³/mol. The van der Waals surface area contributed by atoms with Crippen LogP contribution in [0, 0.1) is 0 Å². The summed E-state index contributed by atoms with van der Waals surface area (Å²) in [6.45, 7) is 2.91. The van der Waals surface area contributed by atoms with Crippen LogP contribution in [0.4, 0.5) is 11.9 Å². The molecule has 1 unspecified atom stereocenters. The minimum Gasteiger partial charge on any atom is -0.379 e. The first kappa shape index (κ1) is 21.7. The first-order chi connectivity index (χ1) is 17.1. The Labute approximate surface area is 201 Å². The topological polar surface area (TPSA) is 126 Å². The normalized spacial score (nSPS) is 20.9. The number of hydrogen-bond acceptors (Lipinski definition) is 9. The number of nitrogens with one attached hydrogen (secondary N) is 3. The van der Waals surface area contributed by atoms with Gasteiger partial charge in [0.1, 0.15) is 6.17 Å². The highest BCUT2D eigenvalue weighted by Gasteiger charge is 2.28. The molecule has 35 heavy (non-hydrogen) atoms. The number of ether oxygens (including phenoxy) is 1. The van der Waals surface area contributed by atoms with E-state index in [-0.39, 0.29) is 24.4 Å². The summed E-state index contributed by atoms with van der Waals surface area (Å²) < 4.78 is 7.21. The average Bonchev–Trinajstić information content (AvgIpc) is 3.51. The maximum absolute atomic E-state index is 12.1. The SMILES string of the molecule is O=C1CC(=Cc2cnn3c(NC4CC4)nc(NC(c4ccccc4)N4CCOCC4)nc23)C(=O)N1. The number of carbonyl (C=O) groups excluding carboxylic acids is 2. The number of rotatable bonds is 7. The molecule has 11 nitrogen and oxygen atoms in total. The molecule has 3 aromatic rings. The maximum atomic E-state index is 12.1. The third-order valence-corrected chi connectivity index (χ3v) is 6.32. The molecule has 2 aromatic heterocycles. The molecule has 3 N–H and O–H groups in total. The van der Waals surface area contributed by atoms with Crippen LogP contribution in [0.2, 0.25) is 0 Å². The molecular weight excluding hydrogens is 448 g/mol. The van der Waals surface area contributed by atoms with E-state index in [2.05, 4.69) is 38.1 Å². The van der Waals surface area contributed by atoms with Gasteiger partial charge in [-0.2, -0.15) is 19.6 Å². The lowest BCUT2D eigenvalue weighted by Gasteiger charge is -2.35.